The summed E-state index contributed by atoms with van der Waals surface area (Å²) in [6.07, 6.45) is 5.29. The third-order valence-electron chi connectivity index (χ3n) is 10.7. The van der Waals surface area contributed by atoms with Crippen LogP contribution in [0, 0.1) is 5.92 Å². The van der Waals surface area contributed by atoms with Gasteiger partial charge in [0, 0.05) is 71.2 Å². The number of likely N-dealkylation sites (tertiary alicyclic amines) is 1. The summed E-state index contributed by atoms with van der Waals surface area (Å²) in [5.41, 5.74) is 7.60. The number of nitrogens with one attached hydrogen (secondary N) is 2. The van der Waals surface area contributed by atoms with Gasteiger partial charge in [0.15, 0.2) is 0 Å². The van der Waals surface area contributed by atoms with Gasteiger partial charge in [0.05, 0.1) is 37.5 Å². The van der Waals surface area contributed by atoms with E-state index in [1.165, 1.54) is 0 Å². The molecule has 1 atom stereocenters. The Balaban J connectivity index is 1.08. The van der Waals surface area contributed by atoms with Gasteiger partial charge in [-0.25, -0.2) is 0 Å². The molecule has 7 rings (SSSR count). The highest BCUT2D eigenvalue weighted by molar-refractivity contribution is 6.36. The summed E-state index contributed by atoms with van der Waals surface area (Å²) in [6.45, 7) is 4.16. The number of carboxylic acids is 1. The number of carbonyl (C=O) groups is 2. The molecule has 2 fully saturated rings. The Morgan fingerprint density at radius 3 is 2.39 bits per heavy atom. The molecule has 1 amide bonds. The molecule has 0 radical (unpaired) electrons. The van der Waals surface area contributed by atoms with E-state index in [4.69, 9.17) is 42.9 Å². The number of carboxylic acid groups (broad SMARTS) is 1. The van der Waals surface area contributed by atoms with Gasteiger partial charge in [-0.3, -0.25) is 19.2 Å². The molecule has 3 N–H and O–H groups in total. The average Bonchev–Trinajstić information content (AvgIpc) is 3.78. The van der Waals surface area contributed by atoms with E-state index < -0.39 is 5.97 Å². The van der Waals surface area contributed by atoms with Crippen LogP contribution in [0.1, 0.15) is 48.8 Å². The van der Waals surface area contributed by atoms with Crippen molar-refractivity contribution in [3.63, 3.8) is 0 Å². The predicted octanol–water partition coefficient (Wildman–Crippen LogP) is 7.80. The van der Waals surface area contributed by atoms with Gasteiger partial charge < -0.3 is 25.2 Å². The summed E-state index contributed by atoms with van der Waals surface area (Å²) in [4.78, 5) is 25.0. The fourth-order valence-electron chi connectivity index (χ4n) is 7.77. The number of hydrogen-bond acceptors (Lipinski definition) is 7. The van der Waals surface area contributed by atoms with Crippen molar-refractivity contribution in [2.45, 2.75) is 57.8 Å². The SMILES string of the molecule is COc1cc(-c2cccc(-c3cccc4c3cnn4Cc3cc(OC)c(CN4CCC(CC(=O)O)CC4)cc3Cl)c2Cl)ccc1CNC[C@@H]1CCC(=O)N1. The summed E-state index contributed by atoms with van der Waals surface area (Å²) in [7, 11) is 3.34. The Morgan fingerprint density at radius 1 is 0.907 bits per heavy atom. The molecular formula is C42H45Cl2N5O5. The fraction of sp³-hybridized carbons (Fsp3) is 0.357. The number of carbonyl (C=O) groups excluding carboxylic acids is 1. The highest BCUT2D eigenvalue weighted by Gasteiger charge is 2.24. The topological polar surface area (TPSA) is 118 Å². The second-order valence-corrected chi connectivity index (χ2v) is 15.0. The normalized spacial score (nSPS) is 16.5. The molecule has 0 spiro atoms. The van der Waals surface area contributed by atoms with Crippen LogP contribution in [-0.2, 0) is 29.2 Å². The molecule has 2 saturated heterocycles. The Hall–Kier alpha value is -4.61. The van der Waals surface area contributed by atoms with E-state index in [2.05, 4.69) is 39.8 Å². The number of rotatable bonds is 14. The zero-order valence-corrected chi connectivity index (χ0v) is 32.1. The first kappa shape index (κ1) is 37.7. The van der Waals surface area contributed by atoms with Crippen LogP contribution in [-0.4, -0.2) is 71.6 Å². The average molecular weight is 771 g/mol. The number of amides is 1. The number of halogens is 2. The number of fused-ring (bicyclic) bond motifs is 1. The number of piperidine rings is 1. The molecule has 1 aromatic heterocycles. The van der Waals surface area contributed by atoms with Crippen molar-refractivity contribution in [3.05, 3.63) is 99.7 Å². The van der Waals surface area contributed by atoms with Gasteiger partial charge in [-0.05, 0) is 79.2 Å². The summed E-state index contributed by atoms with van der Waals surface area (Å²) in [5.74, 6) is 1.14. The third-order valence-corrected chi connectivity index (χ3v) is 11.5. The molecule has 0 unspecified atom stereocenters. The Labute approximate surface area is 325 Å². The molecule has 12 heteroatoms. The lowest BCUT2D eigenvalue weighted by atomic mass is 9.93. The standard InChI is InChI=1S/C42H45Cl2N5O5/c1-53-38-19-27(9-10-28(38)21-45-22-31-11-12-40(50)47-31)32-5-3-7-34(42(32)44)33-6-4-8-37-35(33)23-46-49(37)25-29-20-39(54-2)30(18-36(29)43)24-48-15-13-26(14-16-48)17-41(51)52/h3-10,18-20,23,26,31,45H,11-17,21-22,24-25H2,1-2H3,(H,47,50)(H,51,52)/t31-/m0/s1. The predicted molar refractivity (Wildman–Crippen MR) is 212 cm³/mol. The number of benzene rings is 4. The van der Waals surface area contributed by atoms with Gasteiger partial charge in [0.1, 0.15) is 11.5 Å². The van der Waals surface area contributed by atoms with E-state index in [0.29, 0.717) is 42.6 Å². The smallest absolute Gasteiger partial charge is 0.303 e. The molecule has 0 saturated carbocycles. The zero-order valence-electron chi connectivity index (χ0n) is 30.5. The van der Waals surface area contributed by atoms with E-state index in [0.717, 1.165) is 93.7 Å². The van der Waals surface area contributed by atoms with Gasteiger partial charge >= 0.3 is 5.97 Å². The quantitative estimate of drug-likeness (QED) is 0.105. The van der Waals surface area contributed by atoms with Gasteiger partial charge in [0.2, 0.25) is 5.91 Å². The largest absolute Gasteiger partial charge is 0.496 e. The second-order valence-electron chi connectivity index (χ2n) is 14.2. The second kappa shape index (κ2) is 16.8. The molecule has 4 aromatic carbocycles. The van der Waals surface area contributed by atoms with Crippen LogP contribution in [0.25, 0.3) is 33.2 Å². The van der Waals surface area contributed by atoms with Crippen molar-refractivity contribution in [1.82, 2.24) is 25.3 Å². The maximum atomic E-state index is 11.6. The van der Waals surface area contributed by atoms with Crippen LogP contribution in [0.3, 0.4) is 0 Å². The van der Waals surface area contributed by atoms with E-state index in [1.54, 1.807) is 14.2 Å². The lowest BCUT2D eigenvalue weighted by Crippen LogP contribution is -2.35. The van der Waals surface area contributed by atoms with Crippen LogP contribution >= 0.6 is 23.2 Å². The summed E-state index contributed by atoms with van der Waals surface area (Å²) >= 11 is 14.1. The van der Waals surface area contributed by atoms with Crippen LogP contribution in [0.5, 0.6) is 11.5 Å². The molecule has 10 nitrogen and oxygen atoms in total. The molecule has 3 heterocycles. The molecule has 54 heavy (non-hydrogen) atoms. The first-order valence-corrected chi connectivity index (χ1v) is 19.2. The van der Waals surface area contributed by atoms with E-state index in [1.807, 2.05) is 53.3 Å². The lowest BCUT2D eigenvalue weighted by molar-refractivity contribution is -0.138. The zero-order chi connectivity index (χ0) is 37.8. The third kappa shape index (κ3) is 8.37. The van der Waals surface area contributed by atoms with E-state index >= 15 is 0 Å². The number of methoxy groups -OCH3 is 2. The van der Waals surface area contributed by atoms with Crippen molar-refractivity contribution in [2.24, 2.45) is 5.92 Å². The first-order valence-electron chi connectivity index (χ1n) is 18.4. The first-order chi connectivity index (χ1) is 26.2. The van der Waals surface area contributed by atoms with Gasteiger partial charge in [-0.15, -0.1) is 0 Å². The van der Waals surface area contributed by atoms with Crippen molar-refractivity contribution in [1.29, 1.82) is 0 Å². The van der Waals surface area contributed by atoms with Crippen LogP contribution < -0.4 is 20.1 Å². The highest BCUT2D eigenvalue weighted by atomic mass is 35.5. The minimum Gasteiger partial charge on any atom is -0.496 e. The summed E-state index contributed by atoms with van der Waals surface area (Å²) in [5, 5.41) is 22.7. The number of hydrogen-bond donors (Lipinski definition) is 3. The highest BCUT2D eigenvalue weighted by Crippen LogP contribution is 2.41. The monoisotopic (exact) mass is 769 g/mol. The van der Waals surface area contributed by atoms with Gasteiger partial charge in [0.25, 0.3) is 0 Å². The summed E-state index contributed by atoms with van der Waals surface area (Å²) < 4.78 is 13.6. The maximum Gasteiger partial charge on any atom is 0.303 e. The molecule has 2 aliphatic heterocycles. The van der Waals surface area contributed by atoms with Crippen LogP contribution in [0.2, 0.25) is 10.0 Å². The van der Waals surface area contributed by atoms with Crippen molar-refractivity contribution in [2.75, 3.05) is 33.9 Å². The Bertz CT molecular complexity index is 2160. The minimum absolute atomic E-state index is 0.113. The molecule has 282 valence electrons. The molecular weight excluding hydrogens is 725 g/mol. The Morgan fingerprint density at radius 2 is 1.65 bits per heavy atom. The molecule has 0 aliphatic carbocycles. The van der Waals surface area contributed by atoms with Crippen LogP contribution in [0.4, 0.5) is 0 Å². The number of aromatic nitrogens is 2. The number of aliphatic carboxylic acids is 1. The molecule has 0 bridgehead atoms. The minimum atomic E-state index is -0.727. The Kier molecular flexibility index (Phi) is 11.7. The van der Waals surface area contributed by atoms with Gasteiger partial charge in [-0.2, -0.15) is 5.10 Å². The number of nitrogens with zero attached hydrogens (tertiary/aromatic N) is 3. The maximum absolute atomic E-state index is 11.6. The van der Waals surface area contributed by atoms with Gasteiger partial charge in [-0.1, -0.05) is 65.7 Å². The fourth-order valence-corrected chi connectivity index (χ4v) is 8.35. The lowest BCUT2D eigenvalue weighted by Gasteiger charge is -2.31. The van der Waals surface area contributed by atoms with Crippen molar-refractivity contribution >= 4 is 46.0 Å². The van der Waals surface area contributed by atoms with E-state index in [-0.39, 0.29) is 24.3 Å². The molecule has 2 aliphatic rings. The summed E-state index contributed by atoms with van der Waals surface area (Å²) in [6, 6.07) is 22.5. The van der Waals surface area contributed by atoms with Crippen molar-refractivity contribution < 1.29 is 24.2 Å². The van der Waals surface area contributed by atoms with Crippen LogP contribution in [0.15, 0.2) is 72.9 Å². The molecule has 5 aromatic rings. The van der Waals surface area contributed by atoms with Crippen molar-refractivity contribution in [3.8, 4) is 33.8 Å². The number of ether oxygens (including phenoxy) is 2. The van der Waals surface area contributed by atoms with E-state index in [9.17, 15) is 9.59 Å².